The van der Waals surface area contributed by atoms with Gasteiger partial charge in [0, 0.05) is 0 Å². The van der Waals surface area contributed by atoms with Gasteiger partial charge in [0.2, 0.25) is 0 Å². The lowest BCUT2D eigenvalue weighted by molar-refractivity contribution is 0.486. The first-order valence-electron chi connectivity index (χ1n) is 5.73. The van der Waals surface area contributed by atoms with E-state index in [0.717, 1.165) is 6.08 Å². The third-order valence-corrected chi connectivity index (χ3v) is 9.44. The van der Waals surface area contributed by atoms with E-state index < -0.39 is 31.2 Å². The van der Waals surface area contributed by atoms with Gasteiger partial charge in [-0.05, 0) is 11.6 Å². The summed E-state index contributed by atoms with van der Waals surface area (Å²) in [7, 11) is -24.5. The molecular formula is C8H7F7N4OP4. The van der Waals surface area contributed by atoms with Crippen LogP contribution in [0.5, 0.6) is 0 Å². The summed E-state index contributed by atoms with van der Waals surface area (Å²) in [5.74, 6) is 0. The maximum absolute atomic E-state index is 14.2. The highest BCUT2D eigenvalue weighted by Gasteiger charge is 2.40. The van der Waals surface area contributed by atoms with E-state index in [9.17, 15) is 29.4 Å². The number of hydrogen-bond acceptors (Lipinski definition) is 5. The molecule has 0 aromatic heterocycles. The summed E-state index contributed by atoms with van der Waals surface area (Å²) in [4.78, 5) is 0. The molecule has 0 aliphatic carbocycles. The van der Waals surface area contributed by atoms with Crippen molar-refractivity contribution in [3.63, 3.8) is 0 Å². The number of halogens is 7. The quantitative estimate of drug-likeness (QED) is 0.267. The maximum atomic E-state index is 14.2. The van der Waals surface area contributed by atoms with Crippen LogP contribution in [0.2, 0.25) is 0 Å². The molecule has 24 heavy (non-hydrogen) atoms. The van der Waals surface area contributed by atoms with Gasteiger partial charge in [-0.1, -0.05) is 30.3 Å². The van der Waals surface area contributed by atoms with Crippen LogP contribution in [0.3, 0.4) is 0 Å². The standard InChI is InChI=1S/C8H7F7N4OP4/c9-21(10)16-22(11,12)18-24(15,19-23(13,14)17-21)20-7-6-8-4-2-1-3-5-8/h1-7H/b7-6+. The smallest absolute Gasteiger partial charge is 0.427 e. The highest BCUT2D eigenvalue weighted by Crippen LogP contribution is 2.82. The predicted molar refractivity (Wildman–Crippen MR) is 81.7 cm³/mol. The molecule has 1 aromatic carbocycles. The Morgan fingerprint density at radius 3 is 1.79 bits per heavy atom. The Morgan fingerprint density at radius 1 is 0.708 bits per heavy atom. The van der Waals surface area contributed by atoms with E-state index in [1.54, 1.807) is 27.2 Å². The molecule has 1 heterocycles. The van der Waals surface area contributed by atoms with Crippen molar-refractivity contribution in [3.05, 3.63) is 42.2 Å². The SMILES string of the molecule is FP1(F)=NP(F)(F)=NP(F)(O/C=C/c2ccccc2)=NP(F)(F)=N1. The van der Waals surface area contributed by atoms with Crippen molar-refractivity contribution in [1.29, 1.82) is 0 Å². The van der Waals surface area contributed by atoms with Crippen LogP contribution in [0.15, 0.2) is 54.7 Å². The lowest BCUT2D eigenvalue weighted by Gasteiger charge is -2.14. The fraction of sp³-hybridized carbons (Fsp3) is 0. The molecule has 1 aromatic rings. The highest BCUT2D eigenvalue weighted by molar-refractivity contribution is 7.77. The van der Waals surface area contributed by atoms with Gasteiger partial charge in [-0.15, -0.1) is 47.4 Å². The molecule has 1 aliphatic heterocycles. The predicted octanol–water partition coefficient (Wildman–Crippen LogP) is 9.26. The molecule has 5 nitrogen and oxygen atoms in total. The van der Waals surface area contributed by atoms with Crippen molar-refractivity contribution in [2.24, 2.45) is 18.1 Å². The van der Waals surface area contributed by atoms with Crippen LogP contribution < -0.4 is 0 Å². The first-order valence-corrected chi connectivity index (χ1v) is 11.7. The molecule has 0 bridgehead atoms. The number of benzene rings is 1. The molecule has 0 N–H and O–H groups in total. The van der Waals surface area contributed by atoms with Crippen molar-refractivity contribution in [1.82, 2.24) is 0 Å². The molecule has 1 unspecified atom stereocenters. The van der Waals surface area contributed by atoms with Crippen LogP contribution in [-0.4, -0.2) is 0 Å². The fourth-order valence-corrected chi connectivity index (χ4v) is 8.00. The second-order valence-electron chi connectivity index (χ2n) is 4.02. The zero-order valence-electron chi connectivity index (χ0n) is 11.2. The Balaban J connectivity index is 2.45. The Morgan fingerprint density at radius 2 is 1.21 bits per heavy atom. The molecule has 0 amide bonds. The first kappa shape index (κ1) is 19.5. The summed E-state index contributed by atoms with van der Waals surface area (Å²) >= 11 is 0. The van der Waals surface area contributed by atoms with Gasteiger partial charge in [0.15, 0.2) is 0 Å². The third kappa shape index (κ3) is 5.92. The normalized spacial score (nSPS) is 27.6. The van der Waals surface area contributed by atoms with E-state index >= 15 is 0 Å². The largest absolute Gasteiger partial charge is 0.441 e. The molecule has 0 saturated heterocycles. The van der Waals surface area contributed by atoms with Gasteiger partial charge >= 0.3 is 31.2 Å². The molecule has 16 heteroatoms. The molecule has 0 saturated carbocycles. The van der Waals surface area contributed by atoms with E-state index in [-0.39, 0.29) is 0 Å². The summed E-state index contributed by atoms with van der Waals surface area (Å²) in [6, 6.07) is 7.88. The molecule has 0 radical (unpaired) electrons. The lowest BCUT2D eigenvalue weighted by atomic mass is 10.2. The van der Waals surface area contributed by atoms with Gasteiger partial charge in [0.1, 0.15) is 0 Å². The Hall–Kier alpha value is -0.810. The van der Waals surface area contributed by atoms with Gasteiger partial charge in [0.25, 0.3) is 0 Å². The van der Waals surface area contributed by atoms with Gasteiger partial charge in [0.05, 0.1) is 6.26 Å². The summed E-state index contributed by atoms with van der Waals surface area (Å²) in [6.45, 7) is 0. The summed E-state index contributed by atoms with van der Waals surface area (Å²) in [5.41, 5.74) is 0.436. The van der Waals surface area contributed by atoms with E-state index in [1.165, 1.54) is 12.1 Å². The van der Waals surface area contributed by atoms with Crippen LogP contribution in [0, 0.1) is 0 Å². The average Bonchev–Trinajstić information content (AvgIpc) is 2.33. The van der Waals surface area contributed by atoms with Crippen molar-refractivity contribution >= 4 is 37.3 Å². The molecule has 2 rings (SSSR count). The monoisotopic (exact) mass is 432 g/mol. The highest BCUT2D eigenvalue weighted by atomic mass is 31.3. The van der Waals surface area contributed by atoms with Gasteiger partial charge < -0.3 is 4.52 Å². The van der Waals surface area contributed by atoms with E-state index in [2.05, 4.69) is 13.6 Å². The number of nitrogens with zero attached hydrogens (tertiary/aromatic N) is 4. The molecular weight excluding hydrogens is 425 g/mol. The number of rotatable bonds is 3. The molecule has 1 atom stereocenters. The van der Waals surface area contributed by atoms with Gasteiger partial charge in [-0.3, -0.25) is 0 Å². The Kier molecular flexibility index (Phi) is 5.55. The second kappa shape index (κ2) is 6.83. The number of hydrogen-bond donors (Lipinski definition) is 0. The topological polar surface area (TPSA) is 58.7 Å². The van der Waals surface area contributed by atoms with Crippen LogP contribution in [0.25, 0.3) is 6.08 Å². The van der Waals surface area contributed by atoms with E-state index in [4.69, 9.17) is 0 Å². The lowest BCUT2D eigenvalue weighted by Crippen LogP contribution is -1.77. The Bertz CT molecular complexity index is 866. The van der Waals surface area contributed by atoms with Gasteiger partial charge in [-0.2, -0.15) is 0 Å². The minimum Gasteiger partial charge on any atom is -0.427 e. The molecule has 1 aliphatic rings. The summed E-state index contributed by atoms with van der Waals surface area (Å²) in [5, 5.41) is 0. The molecule has 0 spiro atoms. The zero-order valence-corrected chi connectivity index (χ0v) is 14.8. The average molecular weight is 432 g/mol. The van der Waals surface area contributed by atoms with Gasteiger partial charge in [-0.25, -0.2) is 0 Å². The zero-order chi connectivity index (χ0) is 18.1. The minimum absolute atomic E-state index is 0.436. The third-order valence-electron chi connectivity index (χ3n) is 2.12. The van der Waals surface area contributed by atoms with E-state index in [1.807, 2.05) is 0 Å². The van der Waals surface area contributed by atoms with Crippen LogP contribution >= 0.6 is 31.2 Å². The fourth-order valence-electron chi connectivity index (χ4n) is 1.39. The van der Waals surface area contributed by atoms with Crippen molar-refractivity contribution in [2.45, 2.75) is 0 Å². The van der Waals surface area contributed by atoms with Crippen LogP contribution in [-0.2, 0) is 4.52 Å². The first-order chi connectivity index (χ1) is 10.9. The van der Waals surface area contributed by atoms with Crippen molar-refractivity contribution in [2.75, 3.05) is 0 Å². The summed E-state index contributed by atoms with van der Waals surface area (Å²) in [6.07, 6.45) is 1.58. The van der Waals surface area contributed by atoms with E-state index in [0.29, 0.717) is 11.8 Å². The van der Waals surface area contributed by atoms with Crippen molar-refractivity contribution in [3.8, 4) is 0 Å². The second-order valence-corrected chi connectivity index (χ2v) is 10.8. The molecule has 0 fully saturated rings. The van der Waals surface area contributed by atoms with Crippen LogP contribution in [0.1, 0.15) is 5.56 Å². The Labute approximate surface area is 132 Å². The summed E-state index contributed by atoms with van der Waals surface area (Å²) < 4.78 is 105. The minimum atomic E-state index is -6.34. The van der Waals surface area contributed by atoms with Crippen LogP contribution in [0.4, 0.5) is 29.4 Å². The maximum Gasteiger partial charge on any atom is 0.441 e. The van der Waals surface area contributed by atoms with Crippen molar-refractivity contribution < 1.29 is 33.9 Å². The molecule has 134 valence electrons.